The van der Waals surface area contributed by atoms with E-state index in [9.17, 15) is 9.59 Å². The highest BCUT2D eigenvalue weighted by Gasteiger charge is 2.39. The summed E-state index contributed by atoms with van der Waals surface area (Å²) in [6, 6.07) is 1.18. The van der Waals surface area contributed by atoms with E-state index in [0.717, 1.165) is 10.5 Å². The number of carbonyl (C=O) groups excluding carboxylic acids is 2. The van der Waals surface area contributed by atoms with Crippen LogP contribution in [-0.2, 0) is 9.59 Å². The highest BCUT2D eigenvalue weighted by molar-refractivity contribution is 6.05. The molecule has 1 atom stereocenters. The largest absolute Gasteiger partial charge is 0.369 e. The van der Waals surface area contributed by atoms with Crippen LogP contribution in [0.5, 0.6) is 0 Å². The van der Waals surface area contributed by atoms with Crippen LogP contribution in [0.3, 0.4) is 0 Å². The summed E-state index contributed by atoms with van der Waals surface area (Å²) in [6.45, 7) is 1.90. The summed E-state index contributed by atoms with van der Waals surface area (Å²) in [5, 5.41) is 0. The maximum atomic E-state index is 12.1. The van der Waals surface area contributed by atoms with E-state index in [0.29, 0.717) is 11.2 Å². The molecule has 1 saturated heterocycles. The molecule has 0 radical (unpaired) electrons. The van der Waals surface area contributed by atoms with Crippen LogP contribution in [0.1, 0.15) is 18.0 Å². The van der Waals surface area contributed by atoms with Crippen LogP contribution in [0.4, 0.5) is 5.95 Å². The first kappa shape index (κ1) is 11.6. The average Bonchev–Trinajstić information content (AvgIpc) is 2.83. The van der Waals surface area contributed by atoms with E-state index in [1.165, 1.54) is 7.05 Å². The van der Waals surface area contributed by atoms with Crippen molar-refractivity contribution in [2.75, 3.05) is 12.8 Å². The molecule has 0 aromatic carbocycles. The number of likely N-dealkylation sites (N-methyl/N-ethyl adjacent to an activating group) is 1. The van der Waals surface area contributed by atoms with Gasteiger partial charge in [-0.2, -0.15) is 0 Å². The summed E-state index contributed by atoms with van der Waals surface area (Å²) in [5.74, 6) is -0.290. The molecule has 1 aliphatic heterocycles. The lowest BCUT2D eigenvalue weighted by Crippen LogP contribution is -2.27. The second-order valence-corrected chi connectivity index (χ2v) is 4.65. The fourth-order valence-electron chi connectivity index (χ4n) is 2.37. The zero-order valence-corrected chi connectivity index (χ0v) is 10.6. The Balaban J connectivity index is 2.21. The van der Waals surface area contributed by atoms with Gasteiger partial charge in [0.15, 0.2) is 5.65 Å². The quantitative estimate of drug-likeness (QED) is 0.741. The van der Waals surface area contributed by atoms with Gasteiger partial charge < -0.3 is 5.73 Å². The first-order valence-electron chi connectivity index (χ1n) is 5.90. The van der Waals surface area contributed by atoms with Gasteiger partial charge in [0.25, 0.3) is 5.91 Å². The number of nitrogens with two attached hydrogens (primary N) is 1. The molecule has 1 aliphatic rings. The van der Waals surface area contributed by atoms with Crippen molar-refractivity contribution in [2.45, 2.75) is 19.4 Å². The highest BCUT2D eigenvalue weighted by atomic mass is 16.2. The first-order valence-corrected chi connectivity index (χ1v) is 5.90. The molecule has 1 unspecified atom stereocenters. The van der Waals surface area contributed by atoms with Crippen molar-refractivity contribution in [3.63, 3.8) is 0 Å². The van der Waals surface area contributed by atoms with Crippen molar-refractivity contribution >= 4 is 28.9 Å². The van der Waals surface area contributed by atoms with E-state index in [1.807, 2.05) is 13.0 Å². The van der Waals surface area contributed by atoms with E-state index >= 15 is 0 Å². The normalized spacial score (nSPS) is 19.7. The molecule has 2 aromatic heterocycles. The van der Waals surface area contributed by atoms with E-state index in [4.69, 9.17) is 5.73 Å². The predicted octanol–water partition coefficient (Wildman–Crippen LogP) is 0.252. The Morgan fingerprint density at radius 2 is 2.16 bits per heavy atom. The van der Waals surface area contributed by atoms with Crippen molar-refractivity contribution < 1.29 is 9.59 Å². The number of aryl methyl sites for hydroxylation is 1. The number of nitrogens with zero attached hydrogens (tertiary/aromatic N) is 4. The lowest BCUT2D eigenvalue weighted by molar-refractivity contribution is -0.137. The number of carbonyl (C=O) groups is 2. The third-order valence-corrected chi connectivity index (χ3v) is 3.48. The molecule has 2 amide bonds. The number of pyridine rings is 1. The fourth-order valence-corrected chi connectivity index (χ4v) is 2.37. The zero-order chi connectivity index (χ0) is 13.7. The number of rotatable bonds is 1. The maximum Gasteiger partial charge on any atom is 0.252 e. The van der Waals surface area contributed by atoms with Gasteiger partial charge >= 0.3 is 0 Å². The van der Waals surface area contributed by atoms with Gasteiger partial charge in [0.2, 0.25) is 11.9 Å². The second kappa shape index (κ2) is 3.78. The molecule has 98 valence electrons. The van der Waals surface area contributed by atoms with Crippen LogP contribution >= 0.6 is 0 Å². The highest BCUT2D eigenvalue weighted by Crippen LogP contribution is 2.30. The number of fused-ring (bicyclic) bond motifs is 1. The van der Waals surface area contributed by atoms with Gasteiger partial charge in [-0.15, -0.1) is 0 Å². The van der Waals surface area contributed by atoms with Crippen LogP contribution in [0.2, 0.25) is 0 Å². The molecule has 19 heavy (non-hydrogen) atoms. The molecular formula is C12H13N5O2. The van der Waals surface area contributed by atoms with Crippen molar-refractivity contribution in [1.82, 2.24) is 19.4 Å². The molecule has 3 rings (SSSR count). The van der Waals surface area contributed by atoms with Crippen molar-refractivity contribution in [3.05, 3.63) is 17.8 Å². The fraction of sp³-hybridized carbons (Fsp3) is 0.333. The first-order chi connectivity index (χ1) is 9.00. The summed E-state index contributed by atoms with van der Waals surface area (Å²) in [5.41, 5.74) is 8.02. The minimum atomic E-state index is -0.642. The van der Waals surface area contributed by atoms with E-state index < -0.39 is 6.04 Å². The molecule has 0 spiro atoms. The lowest BCUT2D eigenvalue weighted by Gasteiger charge is -2.12. The molecular weight excluding hydrogens is 246 g/mol. The third kappa shape index (κ3) is 1.51. The lowest BCUT2D eigenvalue weighted by atomic mass is 10.2. The van der Waals surface area contributed by atoms with Crippen molar-refractivity contribution in [1.29, 1.82) is 0 Å². The number of anilines is 1. The minimum absolute atomic E-state index is 0.0978. The Morgan fingerprint density at radius 3 is 2.79 bits per heavy atom. The maximum absolute atomic E-state index is 12.1. The number of nitrogen functional groups attached to an aromatic ring is 1. The molecule has 1 fully saturated rings. The third-order valence-electron chi connectivity index (χ3n) is 3.48. The van der Waals surface area contributed by atoms with Crippen LogP contribution in [0.25, 0.3) is 11.2 Å². The Bertz CT molecular complexity index is 705. The number of imide groups is 1. The van der Waals surface area contributed by atoms with Crippen LogP contribution in [0, 0.1) is 6.92 Å². The predicted molar refractivity (Wildman–Crippen MR) is 68.1 cm³/mol. The zero-order valence-electron chi connectivity index (χ0n) is 10.6. The number of hydrogen-bond acceptors (Lipinski definition) is 5. The molecule has 2 N–H and O–H groups in total. The monoisotopic (exact) mass is 259 g/mol. The van der Waals surface area contributed by atoms with Crippen molar-refractivity contribution in [3.8, 4) is 0 Å². The molecule has 3 heterocycles. The Hall–Kier alpha value is -2.44. The van der Waals surface area contributed by atoms with E-state index in [1.54, 1.807) is 10.8 Å². The van der Waals surface area contributed by atoms with E-state index in [-0.39, 0.29) is 24.2 Å². The summed E-state index contributed by atoms with van der Waals surface area (Å²) >= 11 is 0. The molecule has 0 bridgehead atoms. The van der Waals surface area contributed by atoms with Crippen LogP contribution < -0.4 is 5.73 Å². The van der Waals surface area contributed by atoms with Crippen LogP contribution in [-0.4, -0.2) is 38.3 Å². The summed E-state index contributed by atoms with van der Waals surface area (Å²) in [4.78, 5) is 33.3. The SMILES string of the molecule is Cc1ccnc2c1nc(N)n2C1CC(=O)N(C)C1=O. The van der Waals surface area contributed by atoms with Gasteiger partial charge in [-0.1, -0.05) is 0 Å². The topological polar surface area (TPSA) is 94.1 Å². The van der Waals surface area contributed by atoms with Gasteiger partial charge in [0.1, 0.15) is 11.6 Å². The Morgan fingerprint density at radius 1 is 1.42 bits per heavy atom. The number of amides is 2. The number of likely N-dealkylation sites (tertiary alicyclic amines) is 1. The molecule has 0 saturated carbocycles. The van der Waals surface area contributed by atoms with Crippen molar-refractivity contribution in [2.24, 2.45) is 0 Å². The molecule has 7 heteroatoms. The van der Waals surface area contributed by atoms with Gasteiger partial charge in [0, 0.05) is 13.2 Å². The molecule has 0 aliphatic carbocycles. The average molecular weight is 259 g/mol. The smallest absolute Gasteiger partial charge is 0.252 e. The molecule has 7 nitrogen and oxygen atoms in total. The van der Waals surface area contributed by atoms with Gasteiger partial charge in [-0.05, 0) is 18.6 Å². The Kier molecular flexibility index (Phi) is 2.31. The van der Waals surface area contributed by atoms with Gasteiger partial charge in [0.05, 0.1) is 6.42 Å². The number of imidazole rings is 1. The van der Waals surface area contributed by atoms with Gasteiger partial charge in [-0.25, -0.2) is 9.97 Å². The van der Waals surface area contributed by atoms with E-state index in [2.05, 4.69) is 9.97 Å². The minimum Gasteiger partial charge on any atom is -0.369 e. The molecule has 2 aromatic rings. The van der Waals surface area contributed by atoms with Crippen LogP contribution in [0.15, 0.2) is 12.3 Å². The standard InChI is InChI=1S/C12H13N5O2/c1-6-3-4-14-10-9(6)15-12(13)17(10)7-5-8(18)16(2)11(7)19/h3-4,7H,5H2,1-2H3,(H2,13,15). The Labute approximate surface area is 109 Å². The summed E-state index contributed by atoms with van der Waals surface area (Å²) in [7, 11) is 1.47. The summed E-state index contributed by atoms with van der Waals surface area (Å²) < 4.78 is 1.55. The summed E-state index contributed by atoms with van der Waals surface area (Å²) in [6.07, 6.45) is 1.74. The number of hydrogen-bond donors (Lipinski definition) is 1. The second-order valence-electron chi connectivity index (χ2n) is 4.65. The van der Waals surface area contributed by atoms with Gasteiger partial charge in [-0.3, -0.25) is 19.1 Å². The number of aromatic nitrogens is 3.